The van der Waals surface area contributed by atoms with E-state index in [1.54, 1.807) is 0 Å². The van der Waals surface area contributed by atoms with Gasteiger partial charge in [0.05, 0.1) is 0 Å². The molecule has 21 heavy (non-hydrogen) atoms. The van der Waals surface area contributed by atoms with E-state index in [-0.39, 0.29) is 12.1 Å². The molecule has 2 N–H and O–H groups in total. The molecular weight excluding hydrogens is 275 g/mol. The highest BCUT2D eigenvalue weighted by Crippen LogP contribution is 2.20. The monoisotopic (exact) mass is 302 g/mol. The van der Waals surface area contributed by atoms with Gasteiger partial charge in [0, 0.05) is 12.1 Å². The fourth-order valence-corrected chi connectivity index (χ4v) is 2.21. The van der Waals surface area contributed by atoms with Gasteiger partial charge in [0.25, 0.3) is 5.91 Å². The summed E-state index contributed by atoms with van der Waals surface area (Å²) in [5, 5.41) is 5.54. The molecule has 0 aliphatic heterocycles. The van der Waals surface area contributed by atoms with Crippen LogP contribution in [0.2, 0.25) is 0 Å². The van der Waals surface area contributed by atoms with Crippen molar-refractivity contribution in [3.8, 4) is 0 Å². The summed E-state index contributed by atoms with van der Waals surface area (Å²) in [6.45, 7) is 7.95. The fourth-order valence-electron chi connectivity index (χ4n) is 2.21. The van der Waals surface area contributed by atoms with Crippen molar-refractivity contribution in [3.05, 3.63) is 0 Å². The summed E-state index contributed by atoms with van der Waals surface area (Å²) in [4.78, 5) is 23.2. The molecule has 0 aromatic rings. The zero-order valence-electron chi connectivity index (χ0n) is 13.6. The molecule has 0 radical (unpaired) electrons. The summed E-state index contributed by atoms with van der Waals surface area (Å²) >= 11 is 0. The lowest BCUT2D eigenvalue weighted by Gasteiger charge is -2.31. The quantitative estimate of drug-likeness (QED) is 0.842. The first-order valence-electron chi connectivity index (χ1n) is 7.47. The molecule has 0 unspecified atom stereocenters. The van der Waals surface area contributed by atoms with E-state index in [9.17, 15) is 14.0 Å². The van der Waals surface area contributed by atoms with Crippen LogP contribution in [0.25, 0.3) is 0 Å². The third-order valence-electron chi connectivity index (χ3n) is 3.32. The largest absolute Gasteiger partial charge is 0.444 e. The van der Waals surface area contributed by atoms with Crippen molar-refractivity contribution in [1.82, 2.24) is 10.6 Å². The third-order valence-corrected chi connectivity index (χ3v) is 3.32. The normalized spacial score (nSPS) is 23.3. The number of alkyl carbamates (subject to hydrolysis) is 1. The Balaban J connectivity index is 2.33. The van der Waals surface area contributed by atoms with Crippen molar-refractivity contribution in [2.45, 2.75) is 83.7 Å². The number of carbonyl (C=O) groups is 2. The Morgan fingerprint density at radius 1 is 0.952 bits per heavy atom. The third kappa shape index (κ3) is 6.78. The van der Waals surface area contributed by atoms with Crippen LogP contribution in [0.5, 0.6) is 0 Å². The number of ether oxygens (including phenoxy) is 1. The Labute approximate surface area is 126 Å². The highest BCUT2D eigenvalue weighted by molar-refractivity contribution is 5.84. The predicted octanol–water partition coefficient (Wildman–Crippen LogP) is 2.69. The van der Waals surface area contributed by atoms with Gasteiger partial charge in [-0.2, -0.15) is 0 Å². The summed E-state index contributed by atoms with van der Waals surface area (Å²) in [6.07, 6.45) is 2.53. The molecule has 0 aromatic heterocycles. The lowest BCUT2D eigenvalue weighted by molar-refractivity contribution is -0.131. The number of amides is 2. The smallest absolute Gasteiger partial charge is 0.407 e. The molecule has 122 valence electrons. The first kappa shape index (κ1) is 17.7. The standard InChI is InChI=1S/C15H27FN2O3/c1-14(2,3)21-13(20)18-11-8-6-10(7-9-11)17-12(19)15(4,5)16/h10-11H,6-9H2,1-5H3,(H,17,19)(H,18,20). The molecule has 1 rings (SSSR count). The van der Waals surface area contributed by atoms with Crippen LogP contribution < -0.4 is 10.6 Å². The number of carbonyl (C=O) groups excluding carboxylic acids is 2. The molecule has 0 atom stereocenters. The average molecular weight is 302 g/mol. The van der Waals surface area contributed by atoms with Gasteiger partial charge in [0.1, 0.15) is 5.60 Å². The maximum Gasteiger partial charge on any atom is 0.407 e. The number of rotatable bonds is 3. The summed E-state index contributed by atoms with van der Waals surface area (Å²) in [5.41, 5.74) is -2.37. The van der Waals surface area contributed by atoms with Crippen LogP contribution in [0.1, 0.15) is 60.3 Å². The van der Waals surface area contributed by atoms with E-state index >= 15 is 0 Å². The fraction of sp³-hybridized carbons (Fsp3) is 0.867. The van der Waals surface area contributed by atoms with Gasteiger partial charge in [-0.1, -0.05) is 0 Å². The van der Waals surface area contributed by atoms with Crippen LogP contribution in [0.3, 0.4) is 0 Å². The molecule has 1 fully saturated rings. The Morgan fingerprint density at radius 3 is 1.76 bits per heavy atom. The average Bonchev–Trinajstić information content (AvgIpc) is 2.27. The molecule has 1 aliphatic rings. The van der Waals surface area contributed by atoms with Crippen LogP contribution in [0, 0.1) is 0 Å². The second kappa shape index (κ2) is 6.62. The van der Waals surface area contributed by atoms with Crippen molar-refractivity contribution in [2.24, 2.45) is 0 Å². The number of hydrogen-bond acceptors (Lipinski definition) is 3. The van der Waals surface area contributed by atoms with Crippen LogP contribution >= 0.6 is 0 Å². The Morgan fingerprint density at radius 2 is 1.38 bits per heavy atom. The minimum atomic E-state index is -1.86. The number of halogens is 1. The van der Waals surface area contributed by atoms with Crippen molar-refractivity contribution >= 4 is 12.0 Å². The summed E-state index contributed by atoms with van der Waals surface area (Å²) in [7, 11) is 0. The Hall–Kier alpha value is -1.33. The molecule has 0 bridgehead atoms. The first-order chi connectivity index (χ1) is 9.47. The van der Waals surface area contributed by atoms with Crippen LogP contribution in [0.4, 0.5) is 9.18 Å². The van der Waals surface area contributed by atoms with Crippen molar-refractivity contribution in [1.29, 1.82) is 0 Å². The van der Waals surface area contributed by atoms with Gasteiger partial charge in [-0.3, -0.25) is 4.79 Å². The minimum Gasteiger partial charge on any atom is -0.444 e. The highest BCUT2D eigenvalue weighted by Gasteiger charge is 2.31. The molecule has 0 spiro atoms. The molecule has 1 aliphatic carbocycles. The molecule has 1 saturated carbocycles. The van der Waals surface area contributed by atoms with Gasteiger partial charge in [-0.25, -0.2) is 9.18 Å². The van der Waals surface area contributed by atoms with Gasteiger partial charge in [-0.05, 0) is 60.3 Å². The van der Waals surface area contributed by atoms with Gasteiger partial charge < -0.3 is 15.4 Å². The predicted molar refractivity (Wildman–Crippen MR) is 78.7 cm³/mol. The minimum absolute atomic E-state index is 0.0239. The molecule has 0 heterocycles. The van der Waals surface area contributed by atoms with Crippen LogP contribution in [0.15, 0.2) is 0 Å². The summed E-state index contributed by atoms with van der Waals surface area (Å²) < 4.78 is 18.7. The summed E-state index contributed by atoms with van der Waals surface area (Å²) in [6, 6.07) is 0.0237. The van der Waals surface area contributed by atoms with E-state index in [2.05, 4.69) is 10.6 Å². The molecule has 0 saturated heterocycles. The molecule has 0 aromatic carbocycles. The van der Waals surface area contributed by atoms with Gasteiger partial charge >= 0.3 is 6.09 Å². The SMILES string of the molecule is CC(C)(C)OC(=O)NC1CCC(NC(=O)C(C)(C)F)CC1. The van der Waals surface area contributed by atoms with Crippen molar-refractivity contribution in [3.63, 3.8) is 0 Å². The maximum absolute atomic E-state index is 13.5. The molecule has 5 nitrogen and oxygen atoms in total. The topological polar surface area (TPSA) is 67.4 Å². The van der Waals surface area contributed by atoms with Gasteiger partial charge in [0.2, 0.25) is 0 Å². The highest BCUT2D eigenvalue weighted by atomic mass is 19.1. The van der Waals surface area contributed by atoms with E-state index in [4.69, 9.17) is 4.74 Å². The van der Waals surface area contributed by atoms with E-state index < -0.39 is 23.3 Å². The van der Waals surface area contributed by atoms with Gasteiger partial charge in [-0.15, -0.1) is 0 Å². The maximum atomic E-state index is 13.5. The van der Waals surface area contributed by atoms with E-state index in [0.717, 1.165) is 25.7 Å². The van der Waals surface area contributed by atoms with E-state index in [1.165, 1.54) is 13.8 Å². The number of alkyl halides is 1. The lowest BCUT2D eigenvalue weighted by Crippen LogP contribution is -2.48. The second-order valence-electron chi connectivity index (χ2n) is 7.14. The Bertz CT molecular complexity index is 377. The van der Waals surface area contributed by atoms with Gasteiger partial charge in [0.15, 0.2) is 5.67 Å². The van der Waals surface area contributed by atoms with Crippen molar-refractivity contribution < 1.29 is 18.7 Å². The van der Waals surface area contributed by atoms with E-state index in [1.807, 2.05) is 20.8 Å². The number of nitrogens with one attached hydrogen (secondary N) is 2. The zero-order valence-corrected chi connectivity index (χ0v) is 13.6. The lowest BCUT2D eigenvalue weighted by atomic mass is 9.91. The second-order valence-corrected chi connectivity index (χ2v) is 7.14. The summed E-state index contributed by atoms with van der Waals surface area (Å²) in [5.74, 6) is -0.578. The molecule has 2 amide bonds. The Kier molecular flexibility index (Phi) is 5.59. The van der Waals surface area contributed by atoms with E-state index in [0.29, 0.717) is 0 Å². The van der Waals surface area contributed by atoms with Crippen molar-refractivity contribution in [2.75, 3.05) is 0 Å². The first-order valence-corrected chi connectivity index (χ1v) is 7.47. The molecular formula is C15H27FN2O3. The zero-order chi connectivity index (χ0) is 16.3. The van der Waals surface area contributed by atoms with Crippen LogP contribution in [-0.4, -0.2) is 35.4 Å². The molecule has 6 heteroatoms. The number of hydrogen-bond donors (Lipinski definition) is 2. The van der Waals surface area contributed by atoms with Crippen LogP contribution in [-0.2, 0) is 9.53 Å².